The van der Waals surface area contributed by atoms with Crippen LogP contribution in [-0.2, 0) is 6.54 Å². The van der Waals surface area contributed by atoms with Gasteiger partial charge < -0.3 is 25.3 Å². The number of ether oxygens (including phenoxy) is 1. The van der Waals surface area contributed by atoms with Crippen molar-refractivity contribution in [3.63, 3.8) is 0 Å². The first kappa shape index (κ1) is 20.1. The number of fused-ring (bicyclic) bond motifs is 1. The summed E-state index contributed by atoms with van der Waals surface area (Å²) >= 11 is 0. The van der Waals surface area contributed by atoms with Crippen LogP contribution in [0, 0.1) is 0 Å². The Hall–Kier alpha value is -4.16. The molecule has 0 radical (unpaired) electrons. The van der Waals surface area contributed by atoms with Gasteiger partial charge in [-0.1, -0.05) is 6.07 Å². The third-order valence-electron chi connectivity index (χ3n) is 3.91. The number of benzene rings is 1. The number of pyridine rings is 1. The molecule has 0 aliphatic rings. The fourth-order valence-electron chi connectivity index (χ4n) is 2.61. The Bertz CT molecular complexity index is 1240. The largest absolute Gasteiger partial charge is 0.454 e. The van der Waals surface area contributed by atoms with Gasteiger partial charge in [-0.3, -0.25) is 4.98 Å². The number of H-pyrrole nitrogens is 2. The van der Waals surface area contributed by atoms with Crippen molar-refractivity contribution in [2.45, 2.75) is 12.7 Å². The number of halogens is 3. The van der Waals surface area contributed by atoms with E-state index in [1.807, 2.05) is 0 Å². The molecule has 0 spiro atoms. The van der Waals surface area contributed by atoms with E-state index in [0.29, 0.717) is 22.4 Å². The maximum Gasteiger partial charge on any atom is 0.422 e. The summed E-state index contributed by atoms with van der Waals surface area (Å²) in [7, 11) is 0. The molecule has 160 valence electrons. The van der Waals surface area contributed by atoms with E-state index in [0.717, 1.165) is 0 Å². The first-order valence-electron chi connectivity index (χ1n) is 8.92. The molecule has 3 heterocycles. The summed E-state index contributed by atoms with van der Waals surface area (Å²) in [5.41, 5.74) is 1.93. The summed E-state index contributed by atoms with van der Waals surface area (Å²) in [6, 6.07) is 9.73. The number of hydrogen-bond acceptors (Lipinski definition) is 8. The molecular formula is C18H15F3N8O2. The van der Waals surface area contributed by atoms with Crippen LogP contribution in [0.2, 0.25) is 0 Å². The van der Waals surface area contributed by atoms with Gasteiger partial charge in [0.25, 0.3) is 0 Å². The Labute approximate surface area is 172 Å². The van der Waals surface area contributed by atoms with E-state index in [-0.39, 0.29) is 24.1 Å². The third-order valence-corrected chi connectivity index (χ3v) is 3.91. The zero-order chi connectivity index (χ0) is 21.8. The van der Waals surface area contributed by atoms with Crippen molar-refractivity contribution in [2.75, 3.05) is 17.2 Å². The van der Waals surface area contributed by atoms with Gasteiger partial charge in [0.15, 0.2) is 6.61 Å². The summed E-state index contributed by atoms with van der Waals surface area (Å²) in [6.45, 7) is -1.31. The molecule has 0 amide bonds. The number of aromatic amines is 2. The van der Waals surface area contributed by atoms with E-state index in [1.54, 1.807) is 42.6 Å². The van der Waals surface area contributed by atoms with Crippen LogP contribution >= 0.6 is 0 Å². The highest BCUT2D eigenvalue weighted by molar-refractivity contribution is 5.79. The molecule has 0 fully saturated rings. The molecule has 0 aliphatic carbocycles. The third kappa shape index (κ3) is 5.46. The molecule has 0 saturated heterocycles. The first-order valence-corrected chi connectivity index (χ1v) is 8.92. The molecule has 4 aromatic rings. The second kappa shape index (κ2) is 8.30. The SMILES string of the molecule is O=c1[nH]c2ccc(Nc3nc(NCc4ccccn4)nc(OCC(F)(F)F)n3)cc2[nH]1. The maximum absolute atomic E-state index is 12.5. The van der Waals surface area contributed by atoms with Crippen molar-refractivity contribution < 1.29 is 17.9 Å². The number of anilines is 3. The monoisotopic (exact) mass is 432 g/mol. The van der Waals surface area contributed by atoms with E-state index >= 15 is 0 Å². The van der Waals surface area contributed by atoms with Gasteiger partial charge in [0.05, 0.1) is 23.3 Å². The number of alkyl halides is 3. The Morgan fingerprint density at radius 2 is 1.81 bits per heavy atom. The smallest absolute Gasteiger partial charge is 0.422 e. The minimum Gasteiger partial charge on any atom is -0.454 e. The van der Waals surface area contributed by atoms with Crippen LogP contribution in [0.15, 0.2) is 47.4 Å². The van der Waals surface area contributed by atoms with Gasteiger partial charge in [-0.15, -0.1) is 0 Å². The number of nitrogens with one attached hydrogen (secondary N) is 4. The van der Waals surface area contributed by atoms with Crippen LogP contribution < -0.4 is 21.1 Å². The molecule has 31 heavy (non-hydrogen) atoms. The molecule has 4 N–H and O–H groups in total. The number of hydrogen-bond donors (Lipinski definition) is 4. The van der Waals surface area contributed by atoms with Gasteiger partial charge in [0.2, 0.25) is 11.9 Å². The van der Waals surface area contributed by atoms with Crippen LogP contribution in [0.25, 0.3) is 11.0 Å². The van der Waals surface area contributed by atoms with Crippen molar-refractivity contribution >= 4 is 28.6 Å². The Balaban J connectivity index is 1.58. The predicted octanol–water partition coefficient (Wildman–Crippen LogP) is 2.73. The van der Waals surface area contributed by atoms with Crippen LogP contribution in [0.4, 0.5) is 30.8 Å². The van der Waals surface area contributed by atoms with Crippen molar-refractivity contribution in [3.05, 3.63) is 58.8 Å². The molecule has 0 saturated carbocycles. The number of nitrogens with zero attached hydrogens (tertiary/aromatic N) is 4. The highest BCUT2D eigenvalue weighted by Crippen LogP contribution is 2.21. The average Bonchev–Trinajstić information content (AvgIpc) is 3.10. The molecule has 3 aromatic heterocycles. The fraction of sp³-hybridized carbons (Fsp3) is 0.167. The lowest BCUT2D eigenvalue weighted by molar-refractivity contribution is -0.154. The Kier molecular flexibility index (Phi) is 5.39. The Morgan fingerprint density at radius 1 is 1.00 bits per heavy atom. The van der Waals surface area contributed by atoms with E-state index < -0.39 is 18.8 Å². The molecular weight excluding hydrogens is 417 g/mol. The van der Waals surface area contributed by atoms with E-state index in [4.69, 9.17) is 0 Å². The molecule has 10 nitrogen and oxygen atoms in total. The molecule has 4 rings (SSSR count). The zero-order valence-electron chi connectivity index (χ0n) is 15.7. The maximum atomic E-state index is 12.5. The number of aromatic nitrogens is 6. The Morgan fingerprint density at radius 3 is 2.58 bits per heavy atom. The number of imidazole rings is 1. The van der Waals surface area contributed by atoms with Gasteiger partial charge in [0, 0.05) is 11.9 Å². The minimum absolute atomic E-state index is 0.00328. The summed E-state index contributed by atoms with van der Waals surface area (Å²) in [5, 5.41) is 5.75. The quantitative estimate of drug-likeness (QED) is 0.350. The van der Waals surface area contributed by atoms with Gasteiger partial charge in [-0.2, -0.15) is 28.1 Å². The fourth-order valence-corrected chi connectivity index (χ4v) is 2.61. The lowest BCUT2D eigenvalue weighted by Gasteiger charge is -2.12. The molecule has 0 unspecified atom stereocenters. The summed E-state index contributed by atoms with van der Waals surface area (Å²) in [6.07, 6.45) is -2.94. The molecule has 0 aliphatic heterocycles. The van der Waals surface area contributed by atoms with Gasteiger partial charge in [0.1, 0.15) is 0 Å². The molecule has 0 bridgehead atoms. The number of rotatable bonds is 7. The molecule has 13 heteroatoms. The molecule has 0 atom stereocenters. The van der Waals surface area contributed by atoms with E-state index in [1.165, 1.54) is 0 Å². The second-order valence-electron chi connectivity index (χ2n) is 6.31. The lowest BCUT2D eigenvalue weighted by Crippen LogP contribution is -2.21. The van der Waals surface area contributed by atoms with Crippen molar-refractivity contribution in [3.8, 4) is 6.01 Å². The normalized spacial score (nSPS) is 11.5. The highest BCUT2D eigenvalue weighted by Gasteiger charge is 2.29. The van der Waals surface area contributed by atoms with Crippen molar-refractivity contribution in [1.29, 1.82) is 0 Å². The standard InChI is InChI=1S/C18H15F3N8O2/c19-18(20,21)9-31-17-28-14(23-8-11-3-1-2-6-22-11)27-15(29-17)24-10-4-5-12-13(7-10)26-16(30)25-12/h1-7H,8-9H2,(H2,25,26,30)(H2,23,24,27,28,29). The van der Waals surface area contributed by atoms with Crippen LogP contribution in [0.1, 0.15) is 5.69 Å². The first-order chi connectivity index (χ1) is 14.8. The molecule has 1 aromatic carbocycles. The topological polar surface area (TPSA) is 134 Å². The van der Waals surface area contributed by atoms with Gasteiger partial charge in [-0.05, 0) is 30.3 Å². The highest BCUT2D eigenvalue weighted by atomic mass is 19.4. The van der Waals surface area contributed by atoms with Crippen LogP contribution in [-0.4, -0.2) is 42.7 Å². The van der Waals surface area contributed by atoms with Crippen LogP contribution in [0.3, 0.4) is 0 Å². The summed E-state index contributed by atoms with van der Waals surface area (Å²) < 4.78 is 42.3. The predicted molar refractivity (Wildman–Crippen MR) is 105 cm³/mol. The summed E-state index contributed by atoms with van der Waals surface area (Å²) in [5.74, 6) is -0.0515. The second-order valence-corrected chi connectivity index (χ2v) is 6.31. The van der Waals surface area contributed by atoms with Crippen molar-refractivity contribution in [1.82, 2.24) is 29.9 Å². The minimum atomic E-state index is -4.55. The van der Waals surface area contributed by atoms with Gasteiger partial charge >= 0.3 is 17.9 Å². The lowest BCUT2D eigenvalue weighted by atomic mass is 10.3. The van der Waals surface area contributed by atoms with Crippen molar-refractivity contribution in [2.24, 2.45) is 0 Å². The van der Waals surface area contributed by atoms with E-state index in [2.05, 4.69) is 45.3 Å². The van der Waals surface area contributed by atoms with Crippen LogP contribution in [0.5, 0.6) is 6.01 Å². The van der Waals surface area contributed by atoms with E-state index in [9.17, 15) is 18.0 Å². The average molecular weight is 432 g/mol. The summed E-state index contributed by atoms with van der Waals surface area (Å²) in [4.78, 5) is 32.7. The zero-order valence-corrected chi connectivity index (χ0v) is 15.7. The van der Waals surface area contributed by atoms with Gasteiger partial charge in [-0.25, -0.2) is 4.79 Å².